The fourth-order valence-corrected chi connectivity index (χ4v) is 4.36. The minimum absolute atomic E-state index is 0.282. The van der Waals surface area contributed by atoms with Gasteiger partial charge in [0, 0.05) is 22.6 Å². The molecule has 4 rings (SSSR count). The lowest BCUT2D eigenvalue weighted by Crippen LogP contribution is -1.98. The van der Waals surface area contributed by atoms with Crippen LogP contribution in [0.5, 0.6) is 0 Å². The summed E-state index contributed by atoms with van der Waals surface area (Å²) in [7, 11) is 0. The van der Waals surface area contributed by atoms with Crippen LogP contribution in [0.4, 0.5) is 4.39 Å². The summed E-state index contributed by atoms with van der Waals surface area (Å²) in [6.45, 7) is 1.98. The molecule has 34 heavy (non-hydrogen) atoms. The Morgan fingerprint density at radius 1 is 1.15 bits per heavy atom. The SMILES string of the molecule is CC/C(=C(/c1ccc(/C=C/C(=O)O)cc1)c1[nH]c2ccccc2c1C#N)c1ccc(F)cc1Cl. The molecule has 0 saturated carbocycles. The van der Waals surface area contributed by atoms with E-state index in [4.69, 9.17) is 16.7 Å². The first kappa shape index (κ1) is 23.0. The van der Waals surface area contributed by atoms with Gasteiger partial charge < -0.3 is 10.1 Å². The lowest BCUT2D eigenvalue weighted by atomic mass is 9.89. The van der Waals surface area contributed by atoms with Gasteiger partial charge in [-0.1, -0.05) is 67.1 Å². The van der Waals surface area contributed by atoms with Crippen LogP contribution in [0.2, 0.25) is 5.02 Å². The predicted octanol–water partition coefficient (Wildman–Crippen LogP) is 7.30. The molecule has 0 aliphatic carbocycles. The standard InChI is InChI=1S/C28H20ClFN2O2/c1-2-20(21-13-12-19(30)15-24(21)29)27(18-10-7-17(8-11-18)9-14-26(33)34)28-23(16-31)22-5-3-4-6-25(22)32-28/h3-15,32H,2H2,1H3,(H,33,34)/b14-9+,27-20+. The van der Waals surface area contributed by atoms with Crippen molar-refractivity contribution >= 4 is 45.7 Å². The van der Waals surface area contributed by atoms with Crippen LogP contribution < -0.4 is 0 Å². The Balaban J connectivity index is 2.02. The van der Waals surface area contributed by atoms with E-state index >= 15 is 0 Å². The number of allylic oxidation sites excluding steroid dienone is 1. The van der Waals surface area contributed by atoms with Crippen LogP contribution in [0.3, 0.4) is 0 Å². The summed E-state index contributed by atoms with van der Waals surface area (Å²) in [5.74, 6) is -1.45. The topological polar surface area (TPSA) is 76.9 Å². The van der Waals surface area contributed by atoms with E-state index in [9.17, 15) is 14.4 Å². The van der Waals surface area contributed by atoms with Gasteiger partial charge in [0.2, 0.25) is 0 Å². The molecule has 0 fully saturated rings. The number of para-hydroxylation sites is 1. The second kappa shape index (κ2) is 9.78. The Morgan fingerprint density at radius 2 is 1.88 bits per heavy atom. The maximum Gasteiger partial charge on any atom is 0.328 e. The number of aliphatic carboxylic acids is 1. The first-order valence-electron chi connectivity index (χ1n) is 10.6. The second-order valence-electron chi connectivity index (χ2n) is 7.66. The molecule has 1 heterocycles. The lowest BCUT2D eigenvalue weighted by molar-refractivity contribution is -0.131. The number of aromatic amines is 1. The molecular weight excluding hydrogens is 451 g/mol. The number of aromatic nitrogens is 1. The molecule has 168 valence electrons. The molecule has 0 atom stereocenters. The van der Waals surface area contributed by atoms with Crippen LogP contribution in [0.1, 0.15) is 41.3 Å². The highest BCUT2D eigenvalue weighted by Crippen LogP contribution is 2.39. The summed E-state index contributed by atoms with van der Waals surface area (Å²) < 4.78 is 13.8. The van der Waals surface area contributed by atoms with Crippen LogP contribution in [-0.2, 0) is 4.79 Å². The van der Waals surface area contributed by atoms with Crippen LogP contribution in [-0.4, -0.2) is 16.1 Å². The number of nitriles is 1. The van der Waals surface area contributed by atoms with Gasteiger partial charge >= 0.3 is 5.97 Å². The number of hydrogen-bond donors (Lipinski definition) is 2. The average Bonchev–Trinajstić information content (AvgIpc) is 3.20. The maximum atomic E-state index is 13.8. The van der Waals surface area contributed by atoms with Gasteiger partial charge in [0.1, 0.15) is 11.9 Å². The van der Waals surface area contributed by atoms with Crippen molar-refractivity contribution in [2.45, 2.75) is 13.3 Å². The van der Waals surface area contributed by atoms with E-state index < -0.39 is 11.8 Å². The molecule has 0 radical (unpaired) electrons. The number of hydrogen-bond acceptors (Lipinski definition) is 2. The fraction of sp³-hybridized carbons (Fsp3) is 0.0714. The van der Waals surface area contributed by atoms with Gasteiger partial charge in [0.25, 0.3) is 0 Å². The van der Waals surface area contributed by atoms with Crippen molar-refractivity contribution in [2.75, 3.05) is 0 Å². The molecule has 0 spiro atoms. The molecule has 4 aromatic rings. The second-order valence-corrected chi connectivity index (χ2v) is 8.06. The number of carbonyl (C=O) groups is 1. The minimum atomic E-state index is -1.03. The molecule has 1 aromatic heterocycles. The van der Waals surface area contributed by atoms with E-state index in [1.807, 2.05) is 55.5 Å². The molecule has 0 saturated heterocycles. The number of fused-ring (bicyclic) bond motifs is 1. The molecule has 0 bridgehead atoms. The van der Waals surface area contributed by atoms with E-state index in [1.165, 1.54) is 18.2 Å². The molecule has 0 unspecified atom stereocenters. The number of carboxylic acids is 1. The van der Waals surface area contributed by atoms with Crippen molar-refractivity contribution in [3.05, 3.63) is 112 Å². The quantitative estimate of drug-likeness (QED) is 0.229. The van der Waals surface area contributed by atoms with Crippen molar-refractivity contribution in [3.63, 3.8) is 0 Å². The Kier molecular flexibility index (Phi) is 6.62. The monoisotopic (exact) mass is 470 g/mol. The third-order valence-corrected chi connectivity index (χ3v) is 5.91. The maximum absolute atomic E-state index is 13.8. The van der Waals surface area contributed by atoms with Crippen molar-refractivity contribution in [1.29, 1.82) is 5.26 Å². The largest absolute Gasteiger partial charge is 0.478 e. The number of nitrogens with one attached hydrogen (secondary N) is 1. The first-order valence-corrected chi connectivity index (χ1v) is 11.0. The van der Waals surface area contributed by atoms with Crippen molar-refractivity contribution in [1.82, 2.24) is 4.98 Å². The average molecular weight is 471 g/mol. The van der Waals surface area contributed by atoms with Crippen LogP contribution in [0.15, 0.2) is 72.8 Å². The molecule has 2 N–H and O–H groups in total. The Hall–Kier alpha value is -4.14. The van der Waals surface area contributed by atoms with Gasteiger partial charge in [-0.2, -0.15) is 5.26 Å². The van der Waals surface area contributed by atoms with Crippen molar-refractivity contribution in [2.24, 2.45) is 0 Å². The van der Waals surface area contributed by atoms with Crippen molar-refractivity contribution < 1.29 is 14.3 Å². The molecule has 3 aromatic carbocycles. The van der Waals surface area contributed by atoms with Gasteiger partial charge in [0.15, 0.2) is 0 Å². The summed E-state index contributed by atoms with van der Waals surface area (Å²) >= 11 is 6.46. The van der Waals surface area contributed by atoms with Gasteiger partial charge in [-0.25, -0.2) is 9.18 Å². The summed E-state index contributed by atoms with van der Waals surface area (Å²) in [5.41, 5.74) is 5.82. The smallest absolute Gasteiger partial charge is 0.328 e. The number of rotatable bonds is 6. The van der Waals surface area contributed by atoms with Crippen molar-refractivity contribution in [3.8, 4) is 6.07 Å². The van der Waals surface area contributed by atoms with E-state index in [-0.39, 0.29) is 5.02 Å². The normalized spacial score (nSPS) is 12.1. The highest BCUT2D eigenvalue weighted by Gasteiger charge is 2.21. The van der Waals surface area contributed by atoms with E-state index in [2.05, 4.69) is 11.1 Å². The molecule has 0 aliphatic rings. The van der Waals surface area contributed by atoms with Gasteiger partial charge in [-0.3, -0.25) is 0 Å². The number of carboxylic acid groups (broad SMARTS) is 1. The Labute approximate surface area is 201 Å². The zero-order chi connectivity index (χ0) is 24.2. The molecular formula is C28H20ClFN2O2. The number of benzene rings is 3. The summed E-state index contributed by atoms with van der Waals surface area (Å²) in [4.78, 5) is 14.3. The van der Waals surface area contributed by atoms with Gasteiger partial charge in [-0.05, 0) is 53.0 Å². The molecule has 6 heteroatoms. The minimum Gasteiger partial charge on any atom is -0.478 e. The van der Waals surface area contributed by atoms with E-state index in [0.29, 0.717) is 23.2 Å². The van der Waals surface area contributed by atoms with Crippen LogP contribution in [0, 0.1) is 17.1 Å². The highest BCUT2D eigenvalue weighted by molar-refractivity contribution is 6.32. The summed E-state index contributed by atoms with van der Waals surface area (Å²) in [5, 5.41) is 20.0. The summed E-state index contributed by atoms with van der Waals surface area (Å²) in [6.07, 6.45) is 3.16. The van der Waals surface area contributed by atoms with Crippen LogP contribution >= 0.6 is 11.6 Å². The third-order valence-electron chi connectivity index (χ3n) is 5.60. The fourth-order valence-electron chi connectivity index (χ4n) is 4.08. The zero-order valence-corrected chi connectivity index (χ0v) is 19.0. The Morgan fingerprint density at radius 3 is 2.53 bits per heavy atom. The predicted molar refractivity (Wildman–Crippen MR) is 134 cm³/mol. The number of H-pyrrole nitrogens is 1. The van der Waals surface area contributed by atoms with Gasteiger partial charge in [0.05, 0.1) is 16.3 Å². The molecule has 4 nitrogen and oxygen atoms in total. The van der Waals surface area contributed by atoms with Gasteiger partial charge in [-0.15, -0.1) is 0 Å². The summed E-state index contributed by atoms with van der Waals surface area (Å²) in [6, 6.07) is 21.6. The third kappa shape index (κ3) is 4.50. The molecule has 0 aliphatic heterocycles. The number of nitrogens with zero attached hydrogens (tertiary/aromatic N) is 1. The Bertz CT molecular complexity index is 1490. The van der Waals surface area contributed by atoms with Crippen LogP contribution in [0.25, 0.3) is 28.1 Å². The number of halogens is 2. The van der Waals surface area contributed by atoms with E-state index in [1.54, 1.807) is 6.07 Å². The van der Waals surface area contributed by atoms with E-state index in [0.717, 1.165) is 39.3 Å². The molecule has 0 amide bonds. The first-order chi connectivity index (χ1) is 16.4. The zero-order valence-electron chi connectivity index (χ0n) is 18.3. The highest BCUT2D eigenvalue weighted by atomic mass is 35.5. The lowest BCUT2D eigenvalue weighted by Gasteiger charge is -2.17.